The number of aromatic nitrogens is 1. The number of nitrogens with one attached hydrogen (secondary N) is 1. The van der Waals surface area contributed by atoms with E-state index < -0.39 is 5.54 Å². The third-order valence-electron chi connectivity index (χ3n) is 2.47. The molecule has 94 valence electrons. The number of nitrogens with zero attached hydrogens (tertiary/aromatic N) is 1. The first kappa shape index (κ1) is 14.3. The first-order chi connectivity index (χ1) is 7.91. The summed E-state index contributed by atoms with van der Waals surface area (Å²) in [4.78, 5) is 16.3. The van der Waals surface area contributed by atoms with Crippen LogP contribution in [0.3, 0.4) is 0 Å². The molecule has 5 heteroatoms. The largest absolute Gasteiger partial charge is 0.344 e. The Kier molecular flexibility index (Phi) is 4.78. The first-order valence-electron chi connectivity index (χ1n) is 5.30. The molecule has 0 unspecified atom stereocenters. The van der Waals surface area contributed by atoms with Gasteiger partial charge in [0.15, 0.2) is 0 Å². The number of pyridine rings is 1. The lowest BCUT2D eigenvalue weighted by Crippen LogP contribution is -2.49. The van der Waals surface area contributed by atoms with Crippen molar-refractivity contribution < 1.29 is 4.79 Å². The van der Waals surface area contributed by atoms with Gasteiger partial charge < -0.3 is 5.32 Å². The van der Waals surface area contributed by atoms with E-state index in [1.807, 2.05) is 13.8 Å². The Hall–Kier alpha value is -0.800. The van der Waals surface area contributed by atoms with E-state index in [0.29, 0.717) is 11.3 Å². The zero-order valence-corrected chi connectivity index (χ0v) is 11.7. The average Bonchev–Trinajstić information content (AvgIpc) is 2.28. The second kappa shape index (κ2) is 5.69. The van der Waals surface area contributed by atoms with E-state index in [1.54, 1.807) is 19.1 Å². The molecule has 0 bridgehead atoms. The normalized spacial score (nSPS) is 11.4. The van der Waals surface area contributed by atoms with Crippen LogP contribution in [0.25, 0.3) is 0 Å². The maximum atomic E-state index is 12.0. The van der Waals surface area contributed by atoms with Crippen LogP contribution in [0.4, 0.5) is 0 Å². The lowest BCUT2D eigenvalue weighted by Gasteiger charge is -2.26. The minimum Gasteiger partial charge on any atom is -0.344 e. The van der Waals surface area contributed by atoms with E-state index in [1.165, 1.54) is 0 Å². The van der Waals surface area contributed by atoms with Crippen LogP contribution in [-0.4, -0.2) is 28.2 Å². The molecule has 0 aliphatic rings. The number of alkyl halides is 2. The van der Waals surface area contributed by atoms with Crippen molar-refractivity contribution in [2.45, 2.75) is 26.3 Å². The number of carbonyl (C=O) groups excluding carboxylic acids is 1. The van der Waals surface area contributed by atoms with Crippen molar-refractivity contribution in [1.82, 2.24) is 10.3 Å². The highest BCUT2D eigenvalue weighted by Crippen LogP contribution is 2.12. The van der Waals surface area contributed by atoms with Gasteiger partial charge in [0.05, 0.1) is 16.8 Å². The monoisotopic (exact) mass is 274 g/mol. The lowest BCUT2D eigenvalue weighted by molar-refractivity contribution is 0.0920. The topological polar surface area (TPSA) is 42.0 Å². The Balaban J connectivity index is 2.90. The Morgan fingerprint density at radius 1 is 1.35 bits per heavy atom. The Labute approximate surface area is 112 Å². The second-order valence-corrected chi connectivity index (χ2v) is 4.90. The molecule has 0 saturated carbocycles. The molecule has 1 aromatic rings. The quantitative estimate of drug-likeness (QED) is 0.858. The number of hydrogen-bond acceptors (Lipinski definition) is 2. The summed E-state index contributed by atoms with van der Waals surface area (Å²) >= 11 is 11.6. The van der Waals surface area contributed by atoms with Gasteiger partial charge in [-0.1, -0.05) is 0 Å². The summed E-state index contributed by atoms with van der Waals surface area (Å²) in [5.74, 6) is 0.333. The van der Waals surface area contributed by atoms with Crippen LogP contribution in [-0.2, 0) is 0 Å². The first-order valence-corrected chi connectivity index (χ1v) is 6.37. The molecule has 3 nitrogen and oxygen atoms in total. The molecule has 0 saturated heterocycles. The molecule has 1 amide bonds. The maximum absolute atomic E-state index is 12.0. The molecular weight excluding hydrogens is 259 g/mol. The molecule has 1 N–H and O–H groups in total. The zero-order chi connectivity index (χ0) is 13.1. The van der Waals surface area contributed by atoms with Gasteiger partial charge in [-0.2, -0.15) is 0 Å². The summed E-state index contributed by atoms with van der Waals surface area (Å²) in [7, 11) is 0. The van der Waals surface area contributed by atoms with Crippen LogP contribution in [0.5, 0.6) is 0 Å². The molecule has 1 aromatic heterocycles. The Morgan fingerprint density at radius 2 is 1.94 bits per heavy atom. The van der Waals surface area contributed by atoms with Gasteiger partial charge in [-0.05, 0) is 32.9 Å². The van der Waals surface area contributed by atoms with Gasteiger partial charge in [-0.3, -0.25) is 9.78 Å². The Bertz CT molecular complexity index is 417. The van der Waals surface area contributed by atoms with E-state index >= 15 is 0 Å². The summed E-state index contributed by atoms with van der Waals surface area (Å²) in [6.45, 7) is 5.50. The summed E-state index contributed by atoms with van der Waals surface area (Å²) < 4.78 is 0. The van der Waals surface area contributed by atoms with E-state index in [4.69, 9.17) is 23.2 Å². The number of carbonyl (C=O) groups is 1. The number of rotatable bonds is 4. The fourth-order valence-corrected chi connectivity index (χ4v) is 1.79. The molecule has 0 radical (unpaired) electrons. The van der Waals surface area contributed by atoms with Crippen molar-refractivity contribution in [1.29, 1.82) is 0 Å². The third kappa shape index (κ3) is 3.58. The van der Waals surface area contributed by atoms with Gasteiger partial charge in [0.25, 0.3) is 5.91 Å². The van der Waals surface area contributed by atoms with Crippen molar-refractivity contribution in [3.8, 4) is 0 Å². The molecule has 17 heavy (non-hydrogen) atoms. The van der Waals surface area contributed by atoms with Gasteiger partial charge in [-0.15, -0.1) is 23.2 Å². The van der Waals surface area contributed by atoms with Crippen molar-refractivity contribution in [2.75, 3.05) is 11.8 Å². The third-order valence-corrected chi connectivity index (χ3v) is 3.65. The Morgan fingerprint density at radius 3 is 2.41 bits per heavy atom. The van der Waals surface area contributed by atoms with Gasteiger partial charge in [0.2, 0.25) is 0 Å². The summed E-state index contributed by atoms with van der Waals surface area (Å²) in [5, 5.41) is 2.83. The van der Waals surface area contributed by atoms with Crippen LogP contribution in [0.15, 0.2) is 12.1 Å². The number of amides is 1. The lowest BCUT2D eigenvalue weighted by atomic mass is 10.1. The molecule has 0 spiro atoms. The molecule has 0 aliphatic carbocycles. The summed E-state index contributed by atoms with van der Waals surface area (Å²) in [6, 6.07) is 3.57. The molecule has 0 aliphatic heterocycles. The molecular formula is C12H16Cl2N2O. The molecule has 0 atom stereocenters. The van der Waals surface area contributed by atoms with Crippen molar-refractivity contribution in [3.63, 3.8) is 0 Å². The van der Waals surface area contributed by atoms with E-state index in [-0.39, 0.29) is 17.7 Å². The second-order valence-electron chi connectivity index (χ2n) is 4.37. The highest BCUT2D eigenvalue weighted by atomic mass is 35.5. The highest BCUT2D eigenvalue weighted by Gasteiger charge is 2.25. The number of aryl methyl sites for hydroxylation is 2. The highest BCUT2D eigenvalue weighted by molar-refractivity contribution is 6.22. The fourth-order valence-electron chi connectivity index (χ4n) is 1.37. The molecule has 0 aromatic carbocycles. The summed E-state index contributed by atoms with van der Waals surface area (Å²) in [5.41, 5.74) is 1.54. The van der Waals surface area contributed by atoms with Gasteiger partial charge in [0.1, 0.15) is 0 Å². The van der Waals surface area contributed by atoms with Crippen LogP contribution in [0.2, 0.25) is 0 Å². The van der Waals surface area contributed by atoms with Crippen LogP contribution in [0.1, 0.15) is 28.7 Å². The van der Waals surface area contributed by atoms with Gasteiger partial charge >= 0.3 is 0 Å². The number of hydrogen-bond donors (Lipinski definition) is 1. The SMILES string of the molecule is Cc1ccc(C(=O)NC(C)(CCl)CCl)c(C)n1. The van der Waals surface area contributed by atoms with Gasteiger partial charge in [-0.25, -0.2) is 0 Å². The zero-order valence-electron chi connectivity index (χ0n) is 10.2. The molecule has 0 fully saturated rings. The average molecular weight is 275 g/mol. The molecule has 1 rings (SSSR count). The minimum atomic E-state index is -0.600. The maximum Gasteiger partial charge on any atom is 0.253 e. The van der Waals surface area contributed by atoms with Crippen molar-refractivity contribution in [3.05, 3.63) is 29.1 Å². The van der Waals surface area contributed by atoms with Gasteiger partial charge in [0, 0.05) is 17.5 Å². The molecule has 1 heterocycles. The van der Waals surface area contributed by atoms with Crippen LogP contribution in [0, 0.1) is 13.8 Å². The van der Waals surface area contributed by atoms with Crippen molar-refractivity contribution >= 4 is 29.1 Å². The van der Waals surface area contributed by atoms with Crippen molar-refractivity contribution in [2.24, 2.45) is 0 Å². The number of halogens is 2. The standard InChI is InChI=1S/C12H16Cl2N2O/c1-8-4-5-10(9(2)15-8)11(17)16-12(3,6-13)7-14/h4-5H,6-7H2,1-3H3,(H,16,17). The van der Waals surface area contributed by atoms with E-state index in [9.17, 15) is 4.79 Å². The van der Waals surface area contributed by atoms with E-state index in [2.05, 4.69) is 10.3 Å². The summed E-state index contributed by atoms with van der Waals surface area (Å²) in [6.07, 6.45) is 0. The minimum absolute atomic E-state index is 0.196. The smallest absolute Gasteiger partial charge is 0.253 e. The van der Waals surface area contributed by atoms with Crippen LogP contribution < -0.4 is 5.32 Å². The van der Waals surface area contributed by atoms with Crippen LogP contribution >= 0.6 is 23.2 Å². The predicted octanol–water partition coefficient (Wildman–Crippen LogP) is 2.66. The van der Waals surface area contributed by atoms with E-state index in [0.717, 1.165) is 5.69 Å². The fraction of sp³-hybridized carbons (Fsp3) is 0.500. The predicted molar refractivity (Wildman–Crippen MR) is 71.0 cm³/mol.